The lowest BCUT2D eigenvalue weighted by Gasteiger charge is -2.67. The zero-order valence-electron chi connectivity index (χ0n) is 18.6. The molecule has 3 bridgehead atoms. The van der Waals surface area contributed by atoms with Gasteiger partial charge in [0.15, 0.2) is 11.5 Å². The molecule has 10 rings (SSSR count). The number of anilines is 1. The number of rotatable bonds is 4. The molecule has 0 aliphatic heterocycles. The summed E-state index contributed by atoms with van der Waals surface area (Å²) in [7, 11) is 0. The van der Waals surface area contributed by atoms with Gasteiger partial charge in [-0.25, -0.2) is 18.9 Å². The molecule has 4 heterocycles. The molecule has 6 aliphatic carbocycles. The molecule has 9 nitrogen and oxygen atoms in total. The molecule has 3 atom stereocenters. The number of alkyl halides is 3. The van der Waals surface area contributed by atoms with E-state index >= 15 is 0 Å². The molecule has 1 spiro atoms. The van der Waals surface area contributed by atoms with Crippen molar-refractivity contribution in [3.63, 3.8) is 0 Å². The van der Waals surface area contributed by atoms with Gasteiger partial charge < -0.3 is 10.4 Å². The molecule has 4 aromatic rings. The summed E-state index contributed by atoms with van der Waals surface area (Å²) < 4.78 is 56.1. The number of carboxylic acids is 1. The lowest BCUT2D eigenvalue weighted by atomic mass is 9.38. The third-order valence-corrected chi connectivity index (χ3v) is 8.38. The zero-order chi connectivity index (χ0) is 25.0. The molecule has 0 aromatic carbocycles. The largest absolute Gasteiger partial charge is 0.481 e. The molecule has 3 N–H and O–H groups in total. The van der Waals surface area contributed by atoms with E-state index in [2.05, 4.69) is 30.6 Å². The molecule has 6 saturated carbocycles. The third kappa shape index (κ3) is 2.85. The summed E-state index contributed by atoms with van der Waals surface area (Å²) in [6, 6.07) is 2.84. The predicted molar refractivity (Wildman–Crippen MR) is 117 cm³/mol. The first-order chi connectivity index (χ1) is 17.1. The van der Waals surface area contributed by atoms with Crippen LogP contribution in [-0.4, -0.2) is 46.9 Å². The standard InChI is InChI=1S/C23H19F4N7O2/c24-10-5-12-16(31-32-18(12)28-8-10)20-30-19(13-1-2-14(23(25,26)27)34(13)33-20)29-17-15(21(35)36)11-3-4-22(17)6-9(11)7-22/h1-2,5,8-9,11,15,17H,3-4,6-7H2,(H,35,36)(H,28,31,32)(H,29,30,33)/t9?,11-,15-,17+,22?/m0/s1. The van der Waals surface area contributed by atoms with Crippen LogP contribution in [0.3, 0.4) is 0 Å². The number of hydrogen-bond acceptors (Lipinski definition) is 6. The monoisotopic (exact) mass is 501 g/mol. The van der Waals surface area contributed by atoms with Crippen LogP contribution in [0.5, 0.6) is 0 Å². The average molecular weight is 501 g/mol. The molecule has 6 fully saturated rings. The maximum Gasteiger partial charge on any atom is 0.433 e. The topological polar surface area (TPSA) is 121 Å². The summed E-state index contributed by atoms with van der Waals surface area (Å²) in [5.41, 5.74) is -0.914. The van der Waals surface area contributed by atoms with Gasteiger partial charge >= 0.3 is 12.1 Å². The van der Waals surface area contributed by atoms with Gasteiger partial charge in [0.1, 0.15) is 22.7 Å². The molecule has 0 unspecified atom stereocenters. The Bertz CT molecular complexity index is 1550. The van der Waals surface area contributed by atoms with E-state index in [-0.39, 0.29) is 45.2 Å². The summed E-state index contributed by atoms with van der Waals surface area (Å²) in [5.74, 6) is -1.89. The highest BCUT2D eigenvalue weighted by Gasteiger charge is 2.66. The van der Waals surface area contributed by atoms with Gasteiger partial charge in [0.2, 0.25) is 5.82 Å². The first-order valence-electron chi connectivity index (χ1n) is 11.6. The van der Waals surface area contributed by atoms with E-state index in [9.17, 15) is 27.5 Å². The average Bonchev–Trinajstić information content (AvgIpc) is 3.42. The number of fused-ring (bicyclic) bond motifs is 2. The molecule has 13 heteroatoms. The van der Waals surface area contributed by atoms with E-state index in [0.29, 0.717) is 5.92 Å². The number of carboxylic acid groups (broad SMARTS) is 1. The number of aromatic nitrogens is 6. The second kappa shape index (κ2) is 6.92. The van der Waals surface area contributed by atoms with Crippen molar-refractivity contribution in [1.29, 1.82) is 0 Å². The van der Waals surface area contributed by atoms with Gasteiger partial charge in [-0.3, -0.25) is 9.89 Å². The summed E-state index contributed by atoms with van der Waals surface area (Å²) in [4.78, 5) is 20.7. The fourth-order valence-electron chi connectivity index (χ4n) is 6.87. The van der Waals surface area contributed by atoms with E-state index in [1.165, 1.54) is 6.07 Å². The molecule has 4 aromatic heterocycles. The molecular weight excluding hydrogens is 482 g/mol. The SMILES string of the molecule is O=C(O)[C@@H]1[C@@H](Nc2nc(-c3[nH]nc4ncc(F)cc34)nn3c(C(F)(F)F)ccc23)C23CC[C@H]1C(C2)C3. The number of nitrogens with zero attached hydrogens (tertiary/aromatic N) is 5. The molecule has 186 valence electrons. The van der Waals surface area contributed by atoms with E-state index in [4.69, 9.17) is 0 Å². The summed E-state index contributed by atoms with van der Waals surface area (Å²) in [5, 5.41) is 24.3. The van der Waals surface area contributed by atoms with Crippen LogP contribution >= 0.6 is 0 Å². The fourth-order valence-corrected chi connectivity index (χ4v) is 6.87. The number of carbonyl (C=O) groups is 1. The Kier molecular flexibility index (Phi) is 4.13. The van der Waals surface area contributed by atoms with Crippen LogP contribution in [-0.2, 0) is 11.0 Å². The highest BCUT2D eigenvalue weighted by molar-refractivity contribution is 5.89. The number of aromatic amines is 1. The molecule has 6 aliphatic rings. The van der Waals surface area contributed by atoms with E-state index in [1.807, 2.05) is 0 Å². The van der Waals surface area contributed by atoms with Crippen LogP contribution in [0, 0.1) is 29.0 Å². The van der Waals surface area contributed by atoms with E-state index < -0.39 is 35.6 Å². The molecular formula is C23H19F4N7O2. The highest BCUT2D eigenvalue weighted by atomic mass is 19.4. The van der Waals surface area contributed by atoms with Crippen LogP contribution in [0.15, 0.2) is 24.4 Å². The number of halogens is 4. The van der Waals surface area contributed by atoms with Crippen LogP contribution < -0.4 is 5.32 Å². The molecule has 36 heavy (non-hydrogen) atoms. The minimum absolute atomic E-state index is 0.0241. The van der Waals surface area contributed by atoms with Crippen molar-refractivity contribution >= 4 is 28.3 Å². The van der Waals surface area contributed by atoms with Crippen molar-refractivity contribution in [2.45, 2.75) is 37.9 Å². The summed E-state index contributed by atoms with van der Waals surface area (Å²) >= 11 is 0. The quantitative estimate of drug-likeness (QED) is 0.360. The van der Waals surface area contributed by atoms with Gasteiger partial charge in [-0.2, -0.15) is 18.3 Å². The van der Waals surface area contributed by atoms with Crippen molar-refractivity contribution in [2.75, 3.05) is 5.32 Å². The van der Waals surface area contributed by atoms with Crippen molar-refractivity contribution in [3.05, 3.63) is 35.9 Å². The molecule has 0 amide bonds. The smallest absolute Gasteiger partial charge is 0.433 e. The van der Waals surface area contributed by atoms with E-state index in [1.54, 1.807) is 0 Å². The maximum absolute atomic E-state index is 13.9. The van der Waals surface area contributed by atoms with Gasteiger partial charge in [0.05, 0.1) is 17.5 Å². The van der Waals surface area contributed by atoms with Gasteiger partial charge in [0, 0.05) is 6.04 Å². The predicted octanol–water partition coefficient (Wildman–Crippen LogP) is 4.13. The Morgan fingerprint density at radius 3 is 2.78 bits per heavy atom. The van der Waals surface area contributed by atoms with Gasteiger partial charge in [-0.15, -0.1) is 5.10 Å². The lowest BCUT2D eigenvalue weighted by molar-refractivity contribution is -0.182. The fraction of sp³-hybridized carbons (Fsp3) is 0.435. The Balaban J connectivity index is 1.41. The van der Waals surface area contributed by atoms with Gasteiger partial charge in [-0.1, -0.05) is 0 Å². The Morgan fingerprint density at radius 2 is 2.08 bits per heavy atom. The Labute approximate surface area is 199 Å². The Hall–Kier alpha value is -3.77. The van der Waals surface area contributed by atoms with Crippen LogP contribution in [0.1, 0.15) is 31.4 Å². The number of H-pyrrole nitrogens is 1. The molecule has 0 radical (unpaired) electrons. The Morgan fingerprint density at radius 1 is 1.28 bits per heavy atom. The zero-order valence-corrected chi connectivity index (χ0v) is 18.6. The van der Waals surface area contributed by atoms with Crippen molar-refractivity contribution in [1.82, 2.24) is 29.8 Å². The van der Waals surface area contributed by atoms with Crippen molar-refractivity contribution in [3.8, 4) is 11.5 Å². The third-order valence-electron chi connectivity index (χ3n) is 8.38. The minimum Gasteiger partial charge on any atom is -0.481 e. The number of hydrogen-bond donors (Lipinski definition) is 3. The second-order valence-corrected chi connectivity index (χ2v) is 10.1. The van der Waals surface area contributed by atoms with Crippen LogP contribution in [0.25, 0.3) is 28.1 Å². The van der Waals surface area contributed by atoms with Crippen molar-refractivity contribution in [2.24, 2.45) is 23.2 Å². The number of nitrogens with one attached hydrogen (secondary N) is 2. The van der Waals surface area contributed by atoms with E-state index in [0.717, 1.165) is 48.5 Å². The van der Waals surface area contributed by atoms with Crippen molar-refractivity contribution < 1.29 is 27.5 Å². The maximum atomic E-state index is 13.9. The van der Waals surface area contributed by atoms with Crippen LogP contribution in [0.2, 0.25) is 0 Å². The first kappa shape index (κ1) is 21.5. The second-order valence-electron chi connectivity index (χ2n) is 10.1. The van der Waals surface area contributed by atoms with Gasteiger partial charge in [0.25, 0.3) is 0 Å². The summed E-state index contributed by atoms with van der Waals surface area (Å²) in [6.45, 7) is 0. The van der Waals surface area contributed by atoms with Crippen LogP contribution in [0.4, 0.5) is 23.4 Å². The van der Waals surface area contributed by atoms with Gasteiger partial charge in [-0.05, 0) is 61.1 Å². The first-order valence-corrected chi connectivity index (χ1v) is 11.6. The summed E-state index contributed by atoms with van der Waals surface area (Å²) in [6.07, 6.45) is -0.211. The minimum atomic E-state index is -4.70. The number of aliphatic carboxylic acids is 1. The molecule has 0 saturated heterocycles. The number of pyridine rings is 1. The highest BCUT2D eigenvalue weighted by Crippen LogP contribution is 2.68. The lowest BCUT2D eigenvalue weighted by Crippen LogP contribution is -2.68. The normalized spacial score (nSPS) is 29.0.